The first-order chi connectivity index (χ1) is 11.2. The zero-order chi connectivity index (χ0) is 16.2. The summed E-state index contributed by atoms with van der Waals surface area (Å²) in [4.78, 5) is 12.4. The number of carbonyl (C=O) groups is 1. The molecule has 1 fully saturated rings. The van der Waals surface area contributed by atoms with Crippen LogP contribution in [-0.2, 0) is 4.79 Å². The summed E-state index contributed by atoms with van der Waals surface area (Å²) >= 11 is 0. The second kappa shape index (κ2) is 6.99. The first-order valence-corrected chi connectivity index (χ1v) is 8.48. The Labute approximate surface area is 138 Å². The minimum absolute atomic E-state index is 0.0997. The largest absolute Gasteiger partial charge is 0.497 e. The van der Waals surface area contributed by atoms with E-state index in [1.807, 2.05) is 12.1 Å². The molecule has 23 heavy (non-hydrogen) atoms. The second-order valence-corrected chi connectivity index (χ2v) is 6.43. The van der Waals surface area contributed by atoms with Gasteiger partial charge in [0.25, 0.3) is 0 Å². The highest BCUT2D eigenvalue weighted by Crippen LogP contribution is 2.35. The minimum atomic E-state index is 0.0997. The van der Waals surface area contributed by atoms with Crippen molar-refractivity contribution in [2.75, 3.05) is 7.11 Å². The quantitative estimate of drug-likeness (QED) is 0.773. The van der Waals surface area contributed by atoms with Gasteiger partial charge in [0.05, 0.1) is 7.11 Å². The van der Waals surface area contributed by atoms with Crippen molar-refractivity contribution in [2.45, 2.75) is 38.5 Å². The molecule has 1 aliphatic carbocycles. The van der Waals surface area contributed by atoms with Crippen LogP contribution in [-0.4, -0.2) is 12.9 Å². The number of hydrogen-bond donors (Lipinski definition) is 0. The van der Waals surface area contributed by atoms with Crippen LogP contribution in [0.25, 0.3) is 11.1 Å². The Hall–Kier alpha value is -2.09. The van der Waals surface area contributed by atoms with E-state index in [1.54, 1.807) is 7.11 Å². The van der Waals surface area contributed by atoms with Crippen LogP contribution < -0.4 is 4.74 Å². The Balaban J connectivity index is 1.75. The van der Waals surface area contributed by atoms with Crippen molar-refractivity contribution in [2.24, 2.45) is 5.92 Å². The lowest BCUT2D eigenvalue weighted by Gasteiger charge is -2.27. The normalized spacial score (nSPS) is 21.2. The molecule has 0 bridgehead atoms. The zero-order valence-electron chi connectivity index (χ0n) is 13.9. The topological polar surface area (TPSA) is 26.3 Å². The number of rotatable bonds is 4. The molecule has 2 unspecified atom stereocenters. The molecule has 2 aromatic rings. The van der Waals surface area contributed by atoms with Crippen molar-refractivity contribution in [1.29, 1.82) is 0 Å². The predicted molar refractivity (Wildman–Crippen MR) is 93.8 cm³/mol. The van der Waals surface area contributed by atoms with Crippen molar-refractivity contribution >= 4 is 5.78 Å². The molecule has 0 aromatic heterocycles. The van der Waals surface area contributed by atoms with Crippen LogP contribution in [0, 0.1) is 5.92 Å². The smallest absolute Gasteiger partial charge is 0.140 e. The van der Waals surface area contributed by atoms with Gasteiger partial charge < -0.3 is 4.74 Å². The van der Waals surface area contributed by atoms with Crippen molar-refractivity contribution in [3.05, 3.63) is 54.1 Å². The summed E-state index contributed by atoms with van der Waals surface area (Å²) in [6.07, 6.45) is 4.04. The van der Waals surface area contributed by atoms with Crippen molar-refractivity contribution < 1.29 is 9.53 Å². The fourth-order valence-corrected chi connectivity index (χ4v) is 3.48. The number of ether oxygens (including phenoxy) is 1. The third kappa shape index (κ3) is 3.47. The number of hydrogen-bond acceptors (Lipinski definition) is 2. The van der Waals surface area contributed by atoms with Crippen LogP contribution >= 0.6 is 0 Å². The number of carbonyl (C=O) groups excluding carboxylic acids is 1. The molecule has 2 heteroatoms. The van der Waals surface area contributed by atoms with Gasteiger partial charge in [-0.3, -0.25) is 4.79 Å². The molecular formula is C21H24O2. The molecule has 0 aliphatic heterocycles. The van der Waals surface area contributed by atoms with E-state index in [4.69, 9.17) is 4.74 Å². The molecule has 2 atom stereocenters. The Morgan fingerprint density at radius 1 is 0.957 bits per heavy atom. The molecule has 0 saturated heterocycles. The number of Topliss-reactive ketones (excluding diaryl/α,β-unsaturated/α-hetero) is 1. The highest BCUT2D eigenvalue weighted by Gasteiger charge is 2.28. The Morgan fingerprint density at radius 3 is 2.09 bits per heavy atom. The summed E-state index contributed by atoms with van der Waals surface area (Å²) in [6.45, 7) is 2.18. The Morgan fingerprint density at radius 2 is 1.57 bits per heavy atom. The maximum atomic E-state index is 12.4. The van der Waals surface area contributed by atoms with Crippen LogP contribution in [0.3, 0.4) is 0 Å². The van der Waals surface area contributed by atoms with E-state index in [1.165, 1.54) is 23.1 Å². The van der Waals surface area contributed by atoms with Crippen molar-refractivity contribution in [3.63, 3.8) is 0 Å². The SMILES string of the molecule is CCC1CCC(c2ccc(-c3ccc(OC)cc3)cc2)C(=O)C1. The van der Waals surface area contributed by atoms with Gasteiger partial charge in [-0.25, -0.2) is 0 Å². The van der Waals surface area contributed by atoms with Gasteiger partial charge in [0.2, 0.25) is 0 Å². The van der Waals surface area contributed by atoms with Gasteiger partial charge in [0.15, 0.2) is 0 Å². The van der Waals surface area contributed by atoms with E-state index in [0.29, 0.717) is 11.7 Å². The lowest BCUT2D eigenvalue weighted by Crippen LogP contribution is -2.23. The van der Waals surface area contributed by atoms with E-state index < -0.39 is 0 Å². The van der Waals surface area contributed by atoms with Gasteiger partial charge in [-0.05, 0) is 47.6 Å². The van der Waals surface area contributed by atoms with E-state index in [9.17, 15) is 4.79 Å². The zero-order valence-corrected chi connectivity index (χ0v) is 13.9. The molecule has 0 N–H and O–H groups in total. The lowest BCUT2D eigenvalue weighted by atomic mass is 9.77. The van der Waals surface area contributed by atoms with Crippen LogP contribution in [0.2, 0.25) is 0 Å². The molecular weight excluding hydrogens is 284 g/mol. The molecule has 0 radical (unpaired) electrons. The highest BCUT2D eigenvalue weighted by atomic mass is 16.5. The number of methoxy groups -OCH3 is 1. The summed E-state index contributed by atoms with van der Waals surface area (Å²) in [5, 5.41) is 0. The first kappa shape index (κ1) is 15.8. The molecule has 1 aliphatic rings. The van der Waals surface area contributed by atoms with E-state index in [0.717, 1.165) is 25.0 Å². The summed E-state index contributed by atoms with van der Waals surface area (Å²) < 4.78 is 5.20. The van der Waals surface area contributed by atoms with E-state index >= 15 is 0 Å². The molecule has 120 valence electrons. The minimum Gasteiger partial charge on any atom is -0.497 e. The summed E-state index contributed by atoms with van der Waals surface area (Å²) in [7, 11) is 1.67. The molecule has 0 amide bonds. The fraction of sp³-hybridized carbons (Fsp3) is 0.381. The fourth-order valence-electron chi connectivity index (χ4n) is 3.48. The van der Waals surface area contributed by atoms with Gasteiger partial charge in [0.1, 0.15) is 11.5 Å². The average molecular weight is 308 g/mol. The van der Waals surface area contributed by atoms with E-state index in [2.05, 4.69) is 43.3 Å². The third-order valence-corrected chi connectivity index (χ3v) is 5.06. The van der Waals surface area contributed by atoms with Crippen LogP contribution in [0.5, 0.6) is 5.75 Å². The predicted octanol–water partition coefficient (Wildman–Crippen LogP) is 5.23. The average Bonchev–Trinajstić information content (AvgIpc) is 2.62. The van der Waals surface area contributed by atoms with Gasteiger partial charge in [-0.2, -0.15) is 0 Å². The lowest BCUT2D eigenvalue weighted by molar-refractivity contribution is -0.123. The molecule has 1 saturated carbocycles. The van der Waals surface area contributed by atoms with Gasteiger partial charge in [0, 0.05) is 12.3 Å². The number of ketones is 1. The monoisotopic (exact) mass is 308 g/mol. The van der Waals surface area contributed by atoms with Crippen molar-refractivity contribution in [3.8, 4) is 16.9 Å². The highest BCUT2D eigenvalue weighted by molar-refractivity contribution is 5.86. The molecule has 0 heterocycles. The maximum Gasteiger partial charge on any atom is 0.140 e. The Kier molecular flexibility index (Phi) is 4.80. The summed E-state index contributed by atoms with van der Waals surface area (Å²) in [5.74, 6) is 1.98. The van der Waals surface area contributed by atoms with Gasteiger partial charge in [-0.15, -0.1) is 0 Å². The number of benzene rings is 2. The van der Waals surface area contributed by atoms with Gasteiger partial charge >= 0.3 is 0 Å². The molecule has 2 aromatic carbocycles. The molecule has 0 spiro atoms. The standard InChI is InChI=1S/C21H24O2/c1-3-15-4-13-20(21(22)14-15)18-7-5-16(6-8-18)17-9-11-19(23-2)12-10-17/h5-12,15,20H,3-4,13-14H2,1-2H3. The molecule has 3 rings (SSSR count). The van der Waals surface area contributed by atoms with E-state index in [-0.39, 0.29) is 5.92 Å². The first-order valence-electron chi connectivity index (χ1n) is 8.48. The van der Waals surface area contributed by atoms with Crippen LogP contribution in [0.4, 0.5) is 0 Å². The van der Waals surface area contributed by atoms with Crippen LogP contribution in [0.1, 0.15) is 44.1 Å². The second-order valence-electron chi connectivity index (χ2n) is 6.43. The van der Waals surface area contributed by atoms with Crippen LogP contribution in [0.15, 0.2) is 48.5 Å². The summed E-state index contributed by atoms with van der Waals surface area (Å²) in [5.41, 5.74) is 3.51. The molecule has 2 nitrogen and oxygen atoms in total. The Bertz CT molecular complexity index is 655. The summed E-state index contributed by atoms with van der Waals surface area (Å²) in [6, 6.07) is 16.5. The van der Waals surface area contributed by atoms with Gasteiger partial charge in [-0.1, -0.05) is 49.7 Å². The maximum absolute atomic E-state index is 12.4. The third-order valence-electron chi connectivity index (χ3n) is 5.06. The van der Waals surface area contributed by atoms with Crippen molar-refractivity contribution in [1.82, 2.24) is 0 Å².